The summed E-state index contributed by atoms with van der Waals surface area (Å²) in [5.74, 6) is -2.82. The Labute approximate surface area is 96.1 Å². The Morgan fingerprint density at radius 2 is 2.24 bits per heavy atom. The lowest BCUT2D eigenvalue weighted by Gasteiger charge is -2.12. The van der Waals surface area contributed by atoms with Crippen LogP contribution in [0.5, 0.6) is 0 Å². The summed E-state index contributed by atoms with van der Waals surface area (Å²) in [6.45, 7) is -0.373. The summed E-state index contributed by atoms with van der Waals surface area (Å²) in [5, 5.41) is 19.5. The molecule has 0 aromatic carbocycles. The molecule has 1 amide bonds. The normalized spacial score (nSPS) is 11.9. The number of hydrogen-bond donors (Lipinski definition) is 3. The Morgan fingerprint density at radius 3 is 2.76 bits per heavy atom. The van der Waals surface area contributed by atoms with Crippen molar-refractivity contribution in [1.82, 2.24) is 10.3 Å². The Balaban J connectivity index is 2.73. The number of halogens is 1. The maximum atomic E-state index is 12.7. The molecule has 17 heavy (non-hydrogen) atoms. The van der Waals surface area contributed by atoms with Gasteiger partial charge in [0.15, 0.2) is 0 Å². The van der Waals surface area contributed by atoms with E-state index in [2.05, 4.69) is 10.3 Å². The maximum Gasteiger partial charge on any atom is 0.326 e. The summed E-state index contributed by atoms with van der Waals surface area (Å²) in [6.07, 6.45) is 0.987. The highest BCUT2D eigenvalue weighted by molar-refractivity contribution is 5.96. The molecule has 1 aromatic heterocycles. The molecule has 0 bridgehead atoms. The first kappa shape index (κ1) is 13.0. The lowest BCUT2D eigenvalue weighted by atomic mass is 10.2. The Hall–Kier alpha value is -2.02. The minimum Gasteiger partial charge on any atom is -0.480 e. The van der Waals surface area contributed by atoms with E-state index >= 15 is 0 Å². The number of hydrogen-bond acceptors (Lipinski definition) is 4. The van der Waals surface area contributed by atoms with Crippen molar-refractivity contribution >= 4 is 11.9 Å². The van der Waals surface area contributed by atoms with E-state index in [0.29, 0.717) is 0 Å². The fourth-order valence-electron chi connectivity index (χ4n) is 1.17. The Morgan fingerprint density at radius 1 is 1.53 bits per heavy atom. The van der Waals surface area contributed by atoms with Crippen LogP contribution < -0.4 is 5.32 Å². The van der Waals surface area contributed by atoms with E-state index in [-0.39, 0.29) is 18.6 Å². The average molecular weight is 242 g/mol. The lowest BCUT2D eigenvalue weighted by Crippen LogP contribution is -2.41. The summed E-state index contributed by atoms with van der Waals surface area (Å²) in [4.78, 5) is 25.5. The fraction of sp³-hybridized carbons (Fsp3) is 0.300. The summed E-state index contributed by atoms with van der Waals surface area (Å²) < 4.78 is 12.7. The van der Waals surface area contributed by atoms with E-state index in [9.17, 15) is 14.0 Å². The molecule has 0 radical (unpaired) electrons. The van der Waals surface area contributed by atoms with Crippen molar-refractivity contribution in [1.29, 1.82) is 0 Å². The number of carbonyl (C=O) groups excluding carboxylic acids is 1. The molecule has 1 atom stereocenters. The van der Waals surface area contributed by atoms with Gasteiger partial charge in [-0.25, -0.2) is 9.78 Å². The Bertz CT molecular complexity index is 425. The molecule has 92 valence electrons. The number of carboxylic acid groups (broad SMARTS) is 1. The van der Waals surface area contributed by atoms with Crippen molar-refractivity contribution in [3.8, 4) is 0 Å². The SMILES string of the molecule is O=C(N[C@@H](CCO)C(=O)O)c1ccnc(F)c1. The van der Waals surface area contributed by atoms with Crippen molar-refractivity contribution < 1.29 is 24.2 Å². The number of carboxylic acids is 1. The van der Waals surface area contributed by atoms with Gasteiger partial charge in [0.25, 0.3) is 5.91 Å². The maximum absolute atomic E-state index is 12.7. The third-order valence-corrected chi connectivity index (χ3v) is 2.01. The molecular weight excluding hydrogens is 231 g/mol. The van der Waals surface area contributed by atoms with Gasteiger partial charge in [0.2, 0.25) is 5.95 Å². The van der Waals surface area contributed by atoms with Gasteiger partial charge in [-0.05, 0) is 6.07 Å². The van der Waals surface area contributed by atoms with Gasteiger partial charge in [-0.1, -0.05) is 0 Å². The number of aromatic nitrogens is 1. The first-order chi connectivity index (χ1) is 8.04. The predicted octanol–water partition coefficient (Wildman–Crippen LogP) is -0.214. The number of aliphatic hydroxyl groups excluding tert-OH is 1. The zero-order chi connectivity index (χ0) is 12.8. The summed E-state index contributed by atoms with van der Waals surface area (Å²) in [6, 6.07) is 0.951. The Kier molecular flexibility index (Phi) is 4.53. The second-order valence-corrected chi connectivity index (χ2v) is 3.24. The third-order valence-electron chi connectivity index (χ3n) is 2.01. The number of aliphatic hydroxyl groups is 1. The van der Waals surface area contributed by atoms with Crippen LogP contribution in [0.25, 0.3) is 0 Å². The van der Waals surface area contributed by atoms with Crippen LogP contribution >= 0.6 is 0 Å². The van der Waals surface area contributed by atoms with Crippen LogP contribution in [0.2, 0.25) is 0 Å². The number of nitrogens with zero attached hydrogens (tertiary/aromatic N) is 1. The predicted molar refractivity (Wildman–Crippen MR) is 54.8 cm³/mol. The van der Waals surface area contributed by atoms with Gasteiger partial charge >= 0.3 is 5.97 Å². The van der Waals surface area contributed by atoms with Gasteiger partial charge in [-0.15, -0.1) is 0 Å². The van der Waals surface area contributed by atoms with Gasteiger partial charge in [0.05, 0.1) is 0 Å². The van der Waals surface area contributed by atoms with Crippen LogP contribution in [0.15, 0.2) is 18.3 Å². The summed E-state index contributed by atoms with van der Waals surface area (Å²) in [5.41, 5.74) is -0.0262. The third kappa shape index (κ3) is 3.80. The van der Waals surface area contributed by atoms with E-state index in [0.717, 1.165) is 12.3 Å². The van der Waals surface area contributed by atoms with Crippen molar-refractivity contribution in [3.05, 3.63) is 29.8 Å². The number of carbonyl (C=O) groups is 2. The second kappa shape index (κ2) is 5.90. The van der Waals surface area contributed by atoms with Gasteiger partial charge in [-0.2, -0.15) is 4.39 Å². The van der Waals surface area contributed by atoms with Crippen LogP contribution in [0, 0.1) is 5.95 Å². The standard InChI is InChI=1S/C10H11FN2O4/c11-8-5-6(1-3-12-8)9(15)13-7(2-4-14)10(16)17/h1,3,5,7,14H,2,4H2,(H,13,15)(H,16,17)/t7-/m0/s1. The van der Waals surface area contributed by atoms with E-state index in [1.807, 2.05) is 0 Å². The van der Waals surface area contributed by atoms with E-state index in [4.69, 9.17) is 10.2 Å². The topological polar surface area (TPSA) is 99.5 Å². The number of rotatable bonds is 5. The highest BCUT2D eigenvalue weighted by Gasteiger charge is 2.20. The van der Waals surface area contributed by atoms with Crippen LogP contribution in [0.3, 0.4) is 0 Å². The first-order valence-corrected chi connectivity index (χ1v) is 4.80. The molecule has 1 heterocycles. The molecule has 0 aliphatic heterocycles. The van der Waals surface area contributed by atoms with Crippen molar-refractivity contribution in [2.75, 3.05) is 6.61 Å². The smallest absolute Gasteiger partial charge is 0.326 e. The van der Waals surface area contributed by atoms with Crippen LogP contribution in [0.1, 0.15) is 16.8 Å². The van der Waals surface area contributed by atoms with Gasteiger partial charge in [0.1, 0.15) is 6.04 Å². The van der Waals surface area contributed by atoms with E-state index in [1.54, 1.807) is 0 Å². The van der Waals surface area contributed by atoms with Crippen LogP contribution in [-0.2, 0) is 4.79 Å². The van der Waals surface area contributed by atoms with Gasteiger partial charge < -0.3 is 15.5 Å². The molecule has 6 nitrogen and oxygen atoms in total. The molecule has 0 unspecified atom stereocenters. The molecule has 0 aliphatic rings. The molecule has 0 aliphatic carbocycles. The highest BCUT2D eigenvalue weighted by atomic mass is 19.1. The molecule has 0 spiro atoms. The molecule has 0 fully saturated rings. The van der Waals surface area contributed by atoms with E-state index < -0.39 is 23.9 Å². The summed E-state index contributed by atoms with van der Waals surface area (Å²) in [7, 11) is 0. The monoisotopic (exact) mass is 242 g/mol. The molecule has 3 N–H and O–H groups in total. The quantitative estimate of drug-likeness (QED) is 0.620. The van der Waals surface area contributed by atoms with Gasteiger partial charge in [-0.3, -0.25) is 4.79 Å². The van der Waals surface area contributed by atoms with Crippen molar-refractivity contribution in [3.63, 3.8) is 0 Å². The number of pyridine rings is 1. The van der Waals surface area contributed by atoms with Crippen LogP contribution in [0.4, 0.5) is 4.39 Å². The first-order valence-electron chi connectivity index (χ1n) is 4.80. The lowest BCUT2D eigenvalue weighted by molar-refractivity contribution is -0.139. The highest BCUT2D eigenvalue weighted by Crippen LogP contribution is 2.02. The zero-order valence-electron chi connectivity index (χ0n) is 8.76. The van der Waals surface area contributed by atoms with Gasteiger partial charge in [0, 0.05) is 30.9 Å². The van der Waals surface area contributed by atoms with Crippen molar-refractivity contribution in [2.24, 2.45) is 0 Å². The fourth-order valence-corrected chi connectivity index (χ4v) is 1.17. The number of nitrogens with one attached hydrogen (secondary N) is 1. The molecular formula is C10H11FN2O4. The number of aliphatic carboxylic acids is 1. The minimum atomic E-state index is -1.26. The zero-order valence-corrected chi connectivity index (χ0v) is 8.76. The van der Waals surface area contributed by atoms with Crippen LogP contribution in [-0.4, -0.2) is 39.7 Å². The second-order valence-electron chi connectivity index (χ2n) is 3.24. The molecule has 7 heteroatoms. The van der Waals surface area contributed by atoms with E-state index in [1.165, 1.54) is 6.07 Å². The molecule has 1 aromatic rings. The number of amides is 1. The molecule has 1 rings (SSSR count). The molecule has 0 saturated heterocycles. The average Bonchev–Trinajstić information content (AvgIpc) is 2.28. The summed E-state index contributed by atoms with van der Waals surface area (Å²) >= 11 is 0. The van der Waals surface area contributed by atoms with Crippen molar-refractivity contribution in [2.45, 2.75) is 12.5 Å². The molecule has 0 saturated carbocycles. The largest absolute Gasteiger partial charge is 0.480 e. The minimum absolute atomic E-state index is 0.0262.